The van der Waals surface area contributed by atoms with Crippen molar-refractivity contribution in [3.63, 3.8) is 0 Å². The van der Waals surface area contributed by atoms with E-state index in [1.54, 1.807) is 11.3 Å². The van der Waals surface area contributed by atoms with E-state index in [1.165, 1.54) is 31.2 Å². The molecule has 140 valence electrons. The minimum absolute atomic E-state index is 0.0554. The zero-order valence-corrected chi connectivity index (χ0v) is 16.3. The molecule has 1 atom stereocenters. The fraction of sp³-hybridized carbons (Fsp3) is 0.476. The van der Waals surface area contributed by atoms with Crippen LogP contribution in [0, 0.1) is 6.92 Å². The van der Waals surface area contributed by atoms with Gasteiger partial charge in [0.05, 0.1) is 6.04 Å². The highest BCUT2D eigenvalue weighted by atomic mass is 32.1. The number of carbonyl (C=O) groups excluding carboxylic acids is 1. The number of amides is 1. The molecular formula is C21H28N2O2S. The second kappa shape index (κ2) is 9.74. The highest BCUT2D eigenvalue weighted by molar-refractivity contribution is 7.07. The monoisotopic (exact) mass is 372 g/mol. The van der Waals surface area contributed by atoms with Crippen LogP contribution in [-0.2, 0) is 4.79 Å². The van der Waals surface area contributed by atoms with E-state index in [9.17, 15) is 4.79 Å². The Morgan fingerprint density at radius 1 is 1.23 bits per heavy atom. The average Bonchev–Trinajstić information content (AvgIpc) is 3.03. The minimum Gasteiger partial charge on any atom is -0.484 e. The summed E-state index contributed by atoms with van der Waals surface area (Å²) in [6, 6.07) is 10.2. The number of hydrogen-bond acceptors (Lipinski definition) is 4. The first-order chi connectivity index (χ1) is 12.7. The lowest BCUT2D eigenvalue weighted by molar-refractivity contribution is -0.123. The first-order valence-electron chi connectivity index (χ1n) is 9.45. The molecule has 2 aromatic rings. The quantitative estimate of drug-likeness (QED) is 0.793. The number of likely N-dealkylation sites (tertiary alicyclic amines) is 1. The molecule has 0 bridgehead atoms. The summed E-state index contributed by atoms with van der Waals surface area (Å²) in [5.41, 5.74) is 2.43. The number of rotatable bonds is 7. The van der Waals surface area contributed by atoms with Gasteiger partial charge in [0.15, 0.2) is 6.61 Å². The Morgan fingerprint density at radius 2 is 2.04 bits per heavy atom. The van der Waals surface area contributed by atoms with Gasteiger partial charge in [0.25, 0.3) is 5.91 Å². The van der Waals surface area contributed by atoms with Crippen LogP contribution in [0.25, 0.3) is 0 Å². The Hall–Kier alpha value is -1.85. The van der Waals surface area contributed by atoms with Crippen LogP contribution in [0.2, 0.25) is 0 Å². The van der Waals surface area contributed by atoms with Crippen LogP contribution in [0.5, 0.6) is 5.75 Å². The van der Waals surface area contributed by atoms with Crippen LogP contribution < -0.4 is 10.1 Å². The molecule has 1 unspecified atom stereocenters. The van der Waals surface area contributed by atoms with Gasteiger partial charge < -0.3 is 10.1 Å². The van der Waals surface area contributed by atoms with Crippen molar-refractivity contribution in [3.8, 4) is 5.75 Å². The number of nitrogens with one attached hydrogen (secondary N) is 1. The summed E-state index contributed by atoms with van der Waals surface area (Å²) in [5.74, 6) is 0.670. The first kappa shape index (κ1) is 18.9. The Bertz CT molecular complexity index is 679. The van der Waals surface area contributed by atoms with Crippen LogP contribution in [0.1, 0.15) is 42.9 Å². The van der Waals surface area contributed by atoms with E-state index in [2.05, 4.69) is 27.0 Å². The molecule has 0 spiro atoms. The van der Waals surface area contributed by atoms with E-state index < -0.39 is 0 Å². The molecule has 3 rings (SSSR count). The van der Waals surface area contributed by atoms with Gasteiger partial charge in [-0.15, -0.1) is 0 Å². The summed E-state index contributed by atoms with van der Waals surface area (Å²) in [6.45, 7) is 4.92. The summed E-state index contributed by atoms with van der Waals surface area (Å²) in [4.78, 5) is 14.8. The minimum atomic E-state index is -0.0680. The maximum Gasteiger partial charge on any atom is 0.258 e. The molecule has 1 aliphatic heterocycles. The van der Waals surface area contributed by atoms with Crippen molar-refractivity contribution >= 4 is 17.2 Å². The molecule has 4 nitrogen and oxygen atoms in total. The lowest BCUT2D eigenvalue weighted by atomic mass is 10.1. The van der Waals surface area contributed by atoms with Gasteiger partial charge in [-0.25, -0.2) is 0 Å². The van der Waals surface area contributed by atoms with Gasteiger partial charge in [0, 0.05) is 6.54 Å². The molecular weight excluding hydrogens is 344 g/mol. The maximum atomic E-state index is 12.3. The zero-order chi connectivity index (χ0) is 18.2. The smallest absolute Gasteiger partial charge is 0.258 e. The van der Waals surface area contributed by atoms with Crippen LogP contribution >= 0.6 is 11.3 Å². The fourth-order valence-electron chi connectivity index (χ4n) is 3.44. The van der Waals surface area contributed by atoms with E-state index in [0.29, 0.717) is 6.54 Å². The van der Waals surface area contributed by atoms with E-state index in [0.717, 1.165) is 24.4 Å². The lowest BCUT2D eigenvalue weighted by Gasteiger charge is -2.30. The Balaban J connectivity index is 1.54. The van der Waals surface area contributed by atoms with Crippen molar-refractivity contribution in [2.45, 2.75) is 38.6 Å². The normalized spacial score (nSPS) is 16.7. The van der Waals surface area contributed by atoms with Crippen LogP contribution in [0.15, 0.2) is 41.1 Å². The molecule has 1 aromatic heterocycles. The number of aryl methyl sites for hydroxylation is 1. The number of hydrogen-bond donors (Lipinski definition) is 1. The summed E-state index contributed by atoms with van der Waals surface area (Å²) >= 11 is 1.72. The molecule has 1 aliphatic rings. The molecule has 1 fully saturated rings. The molecule has 0 radical (unpaired) electrons. The summed E-state index contributed by atoms with van der Waals surface area (Å²) in [7, 11) is 0. The van der Waals surface area contributed by atoms with E-state index in [1.807, 2.05) is 31.2 Å². The van der Waals surface area contributed by atoms with Gasteiger partial charge >= 0.3 is 0 Å². The molecule has 1 amide bonds. The average molecular weight is 373 g/mol. The van der Waals surface area contributed by atoms with Gasteiger partial charge in [0.1, 0.15) is 5.75 Å². The molecule has 1 N–H and O–H groups in total. The fourth-order valence-corrected chi connectivity index (χ4v) is 4.15. The number of thiophene rings is 1. The van der Waals surface area contributed by atoms with E-state index in [4.69, 9.17) is 4.74 Å². The SMILES string of the molecule is Cc1cccc(OCC(=O)NCC(c2ccsc2)N2CCCCCC2)c1. The lowest BCUT2D eigenvalue weighted by Crippen LogP contribution is -2.40. The Labute approximate surface area is 160 Å². The zero-order valence-electron chi connectivity index (χ0n) is 15.4. The predicted octanol–water partition coefficient (Wildman–Crippen LogP) is 4.17. The third kappa shape index (κ3) is 5.58. The first-order valence-corrected chi connectivity index (χ1v) is 10.4. The Morgan fingerprint density at radius 3 is 2.73 bits per heavy atom. The molecule has 0 saturated carbocycles. The van der Waals surface area contributed by atoms with E-state index >= 15 is 0 Å². The second-order valence-corrected chi connectivity index (χ2v) is 7.71. The third-order valence-electron chi connectivity index (χ3n) is 4.86. The molecule has 0 aliphatic carbocycles. The number of nitrogens with zero attached hydrogens (tertiary/aromatic N) is 1. The summed E-state index contributed by atoms with van der Waals surface area (Å²) < 4.78 is 5.61. The number of ether oxygens (including phenoxy) is 1. The van der Waals surface area contributed by atoms with Gasteiger partial charge in [-0.05, 0) is 72.9 Å². The molecule has 2 heterocycles. The van der Waals surface area contributed by atoms with Crippen molar-refractivity contribution in [2.75, 3.05) is 26.2 Å². The van der Waals surface area contributed by atoms with Crippen molar-refractivity contribution in [3.05, 3.63) is 52.2 Å². The third-order valence-corrected chi connectivity index (χ3v) is 5.56. The van der Waals surface area contributed by atoms with Crippen LogP contribution in [0.4, 0.5) is 0 Å². The molecule has 1 aromatic carbocycles. The molecule has 1 saturated heterocycles. The second-order valence-electron chi connectivity index (χ2n) is 6.93. The van der Waals surface area contributed by atoms with Crippen LogP contribution in [-0.4, -0.2) is 37.0 Å². The predicted molar refractivity (Wildman–Crippen MR) is 107 cm³/mol. The Kier molecular flexibility index (Phi) is 7.09. The topological polar surface area (TPSA) is 41.6 Å². The molecule has 26 heavy (non-hydrogen) atoms. The number of benzene rings is 1. The number of carbonyl (C=O) groups is 1. The highest BCUT2D eigenvalue weighted by Crippen LogP contribution is 2.25. The van der Waals surface area contributed by atoms with Crippen LogP contribution in [0.3, 0.4) is 0 Å². The largest absolute Gasteiger partial charge is 0.484 e. The summed E-state index contributed by atoms with van der Waals surface area (Å²) in [5, 5.41) is 7.39. The van der Waals surface area contributed by atoms with Gasteiger partial charge in [0.2, 0.25) is 0 Å². The van der Waals surface area contributed by atoms with Crippen molar-refractivity contribution in [1.82, 2.24) is 10.2 Å². The molecule has 5 heteroatoms. The summed E-state index contributed by atoms with van der Waals surface area (Å²) in [6.07, 6.45) is 5.10. The van der Waals surface area contributed by atoms with Crippen molar-refractivity contribution < 1.29 is 9.53 Å². The highest BCUT2D eigenvalue weighted by Gasteiger charge is 2.22. The van der Waals surface area contributed by atoms with E-state index in [-0.39, 0.29) is 18.6 Å². The van der Waals surface area contributed by atoms with Gasteiger partial charge in [-0.2, -0.15) is 11.3 Å². The van der Waals surface area contributed by atoms with Crippen molar-refractivity contribution in [2.24, 2.45) is 0 Å². The standard InChI is InChI=1S/C21H28N2O2S/c1-17-7-6-8-19(13-17)25-15-21(24)22-14-20(18-9-12-26-16-18)23-10-4-2-3-5-11-23/h6-9,12-13,16,20H,2-5,10-11,14-15H2,1H3,(H,22,24). The van der Waals surface area contributed by atoms with Gasteiger partial charge in [-0.3, -0.25) is 9.69 Å². The van der Waals surface area contributed by atoms with Gasteiger partial charge in [-0.1, -0.05) is 25.0 Å². The van der Waals surface area contributed by atoms with Crippen molar-refractivity contribution in [1.29, 1.82) is 0 Å². The maximum absolute atomic E-state index is 12.3.